The Morgan fingerprint density at radius 1 is 1.02 bits per heavy atom. The zero-order valence-corrected chi connectivity index (χ0v) is 27.3. The second kappa shape index (κ2) is 13.7. The molecule has 242 valence electrons. The van der Waals surface area contributed by atoms with Crippen molar-refractivity contribution in [2.75, 3.05) is 45.6 Å². The number of para-hydroxylation sites is 1. The van der Waals surface area contributed by atoms with Crippen LogP contribution in [-0.4, -0.2) is 81.8 Å². The van der Waals surface area contributed by atoms with Gasteiger partial charge in [-0.05, 0) is 54.5 Å². The number of benzene rings is 3. The Kier molecular flexibility index (Phi) is 9.71. The van der Waals surface area contributed by atoms with E-state index in [0.29, 0.717) is 54.5 Å². The van der Waals surface area contributed by atoms with Gasteiger partial charge in [0.15, 0.2) is 4.75 Å². The summed E-state index contributed by atoms with van der Waals surface area (Å²) in [5, 5.41) is 0. The lowest BCUT2D eigenvalue weighted by molar-refractivity contribution is -0.130. The van der Waals surface area contributed by atoms with Crippen LogP contribution in [0.3, 0.4) is 0 Å². The van der Waals surface area contributed by atoms with Gasteiger partial charge in [-0.15, -0.1) is 0 Å². The number of anilines is 1. The number of nitrogens with zero attached hydrogens (tertiary/aromatic N) is 2. The number of nitrogens with one attached hydrogen (secondary N) is 1. The molecule has 0 radical (unpaired) electrons. The van der Waals surface area contributed by atoms with Gasteiger partial charge in [0.05, 0.1) is 31.5 Å². The topological polar surface area (TPSA) is 114 Å². The van der Waals surface area contributed by atoms with E-state index >= 15 is 0 Å². The molecule has 2 amide bonds. The Hall–Kier alpha value is -4.77. The standard InChI is InChI=1S/C35H39N3O7S/c1-5-44-32-14-7-6-13-31(32)33(39)38-21-19-30(24-38)45-29-12-8-11-27(22-29)36-46(41,42)35(34(40)37(2)3)20-9-10-26(23-35)25-15-17-28(43-4)18-16-25/h6-18,20,22,30,36H,5,19,21,23-24H2,1-4H3/t30-,35?/m0/s1. The minimum absolute atomic E-state index is 0.0588. The van der Waals surface area contributed by atoms with Gasteiger partial charge in [0.1, 0.15) is 23.4 Å². The molecule has 2 atom stereocenters. The van der Waals surface area contributed by atoms with Crippen LogP contribution in [0.5, 0.6) is 17.2 Å². The van der Waals surface area contributed by atoms with Crippen LogP contribution < -0.4 is 18.9 Å². The summed E-state index contributed by atoms with van der Waals surface area (Å²) >= 11 is 0. The lowest BCUT2D eigenvalue weighted by Gasteiger charge is -2.34. The molecule has 5 rings (SSSR count). The summed E-state index contributed by atoms with van der Waals surface area (Å²) in [5.74, 6) is 0.969. The van der Waals surface area contributed by atoms with Gasteiger partial charge in [0.25, 0.3) is 15.9 Å². The number of amides is 2. The highest BCUT2D eigenvalue weighted by molar-refractivity contribution is 7.95. The van der Waals surface area contributed by atoms with Crippen LogP contribution in [0.2, 0.25) is 0 Å². The number of carbonyl (C=O) groups excluding carboxylic acids is 2. The van der Waals surface area contributed by atoms with Crippen LogP contribution in [0, 0.1) is 0 Å². The number of ether oxygens (including phenoxy) is 3. The molecule has 0 bridgehead atoms. The third-order valence-electron chi connectivity index (χ3n) is 8.06. The second-order valence-electron chi connectivity index (χ2n) is 11.4. The molecule has 1 fully saturated rings. The van der Waals surface area contributed by atoms with Crippen molar-refractivity contribution in [3.63, 3.8) is 0 Å². The molecule has 10 nitrogen and oxygen atoms in total. The smallest absolute Gasteiger partial charge is 0.257 e. The van der Waals surface area contributed by atoms with Crippen LogP contribution in [0.15, 0.2) is 91.0 Å². The minimum Gasteiger partial charge on any atom is -0.497 e. The number of hydrogen-bond donors (Lipinski definition) is 1. The molecule has 0 saturated carbocycles. The maximum Gasteiger partial charge on any atom is 0.257 e. The van der Waals surface area contributed by atoms with Gasteiger partial charge in [0, 0.05) is 39.5 Å². The second-order valence-corrected chi connectivity index (χ2v) is 13.3. The Labute approximate surface area is 270 Å². The highest BCUT2D eigenvalue weighted by Crippen LogP contribution is 2.38. The molecule has 11 heteroatoms. The molecular weight excluding hydrogens is 606 g/mol. The Bertz CT molecular complexity index is 1750. The van der Waals surface area contributed by atoms with Crippen molar-refractivity contribution in [1.82, 2.24) is 9.80 Å². The molecule has 0 aromatic heterocycles. The molecule has 1 saturated heterocycles. The summed E-state index contributed by atoms with van der Waals surface area (Å²) in [6.45, 7) is 3.22. The summed E-state index contributed by atoms with van der Waals surface area (Å²) in [7, 11) is 0.341. The van der Waals surface area contributed by atoms with Crippen molar-refractivity contribution in [2.24, 2.45) is 0 Å². The van der Waals surface area contributed by atoms with Gasteiger partial charge in [-0.2, -0.15) is 0 Å². The molecule has 1 unspecified atom stereocenters. The van der Waals surface area contributed by atoms with E-state index in [9.17, 15) is 18.0 Å². The Balaban J connectivity index is 1.31. The maximum absolute atomic E-state index is 14.1. The third kappa shape index (κ3) is 6.74. The highest BCUT2D eigenvalue weighted by atomic mass is 32.2. The van der Waals surface area contributed by atoms with Crippen molar-refractivity contribution in [3.8, 4) is 17.2 Å². The monoisotopic (exact) mass is 645 g/mol. The fourth-order valence-electron chi connectivity index (χ4n) is 5.72. The van der Waals surface area contributed by atoms with Gasteiger partial charge < -0.3 is 24.0 Å². The predicted octanol–water partition coefficient (Wildman–Crippen LogP) is 5.00. The summed E-state index contributed by atoms with van der Waals surface area (Å²) in [6, 6.07) is 21.1. The zero-order valence-electron chi connectivity index (χ0n) is 26.4. The third-order valence-corrected chi connectivity index (χ3v) is 9.98. The van der Waals surface area contributed by atoms with Crippen LogP contribution in [0.4, 0.5) is 5.69 Å². The molecule has 0 spiro atoms. The number of rotatable bonds is 11. The first kappa shape index (κ1) is 32.6. The molecule has 46 heavy (non-hydrogen) atoms. The summed E-state index contributed by atoms with van der Waals surface area (Å²) in [4.78, 5) is 29.9. The molecule has 3 aromatic carbocycles. The first-order valence-corrected chi connectivity index (χ1v) is 16.6. The molecule has 3 aromatic rings. The lowest BCUT2D eigenvalue weighted by Crippen LogP contribution is -2.53. The summed E-state index contributed by atoms with van der Waals surface area (Å²) in [5.41, 5.74) is 2.25. The Morgan fingerprint density at radius 2 is 1.78 bits per heavy atom. The lowest BCUT2D eigenvalue weighted by atomic mass is 9.88. The van der Waals surface area contributed by atoms with E-state index in [1.807, 2.05) is 37.3 Å². The number of hydrogen-bond acceptors (Lipinski definition) is 7. The average molecular weight is 646 g/mol. The average Bonchev–Trinajstić information content (AvgIpc) is 3.52. The van der Waals surface area contributed by atoms with Crippen molar-refractivity contribution >= 4 is 33.1 Å². The number of methoxy groups -OCH3 is 1. The maximum atomic E-state index is 14.1. The quantitative estimate of drug-likeness (QED) is 0.312. The molecule has 1 heterocycles. The van der Waals surface area contributed by atoms with E-state index in [4.69, 9.17) is 14.2 Å². The summed E-state index contributed by atoms with van der Waals surface area (Å²) < 4.78 is 46.1. The molecule has 1 N–H and O–H groups in total. The highest BCUT2D eigenvalue weighted by Gasteiger charge is 2.51. The number of sulfonamides is 1. The van der Waals surface area contributed by atoms with Gasteiger partial charge in [-0.25, -0.2) is 8.42 Å². The first-order valence-electron chi connectivity index (χ1n) is 15.1. The van der Waals surface area contributed by atoms with E-state index < -0.39 is 20.7 Å². The molecule has 1 aliphatic heterocycles. The van der Waals surface area contributed by atoms with Gasteiger partial charge >= 0.3 is 0 Å². The molecule has 2 aliphatic rings. The minimum atomic E-state index is -4.31. The van der Waals surface area contributed by atoms with Gasteiger partial charge in [-0.3, -0.25) is 14.3 Å². The van der Waals surface area contributed by atoms with E-state index in [1.54, 1.807) is 80.7 Å². The Morgan fingerprint density at radius 3 is 2.50 bits per heavy atom. The van der Waals surface area contributed by atoms with E-state index in [1.165, 1.54) is 11.0 Å². The van der Waals surface area contributed by atoms with E-state index in [-0.39, 0.29) is 24.1 Å². The number of carbonyl (C=O) groups is 2. The zero-order chi connectivity index (χ0) is 32.9. The van der Waals surface area contributed by atoms with Crippen LogP contribution >= 0.6 is 0 Å². The van der Waals surface area contributed by atoms with Crippen LogP contribution in [0.1, 0.15) is 35.7 Å². The van der Waals surface area contributed by atoms with E-state index in [0.717, 1.165) is 5.56 Å². The van der Waals surface area contributed by atoms with Gasteiger partial charge in [-0.1, -0.05) is 48.6 Å². The summed E-state index contributed by atoms with van der Waals surface area (Å²) in [6.07, 6.45) is 5.15. The van der Waals surface area contributed by atoms with Crippen LogP contribution in [0.25, 0.3) is 5.57 Å². The number of likely N-dealkylation sites (tertiary alicyclic amines) is 1. The normalized spacial score (nSPS) is 19.3. The van der Waals surface area contributed by atoms with Crippen molar-refractivity contribution in [2.45, 2.75) is 30.6 Å². The van der Waals surface area contributed by atoms with Gasteiger partial charge in [0.2, 0.25) is 5.91 Å². The van der Waals surface area contributed by atoms with Crippen molar-refractivity contribution in [3.05, 3.63) is 102 Å². The fourth-order valence-corrected chi connectivity index (χ4v) is 7.36. The fraction of sp³-hybridized carbons (Fsp3) is 0.314. The predicted molar refractivity (Wildman–Crippen MR) is 178 cm³/mol. The van der Waals surface area contributed by atoms with Crippen molar-refractivity contribution in [1.29, 1.82) is 0 Å². The molecular formula is C35H39N3O7S. The number of allylic oxidation sites excluding steroid dienone is 3. The first-order chi connectivity index (χ1) is 22.1. The van der Waals surface area contributed by atoms with E-state index in [2.05, 4.69) is 4.72 Å². The van der Waals surface area contributed by atoms with Crippen molar-refractivity contribution < 1.29 is 32.2 Å². The SMILES string of the molecule is CCOc1ccccc1C(=O)N1CC[C@H](Oc2cccc(NS(=O)(=O)C3(C(=O)N(C)C)C=CC=C(c4ccc(OC)cc4)C3)c2)C1. The largest absolute Gasteiger partial charge is 0.497 e. The molecule has 1 aliphatic carbocycles. The van der Waals surface area contributed by atoms with Crippen LogP contribution in [-0.2, 0) is 14.8 Å².